The minimum atomic E-state index is -0.183. The first-order valence-corrected chi connectivity index (χ1v) is 11.9. The third-order valence-corrected chi connectivity index (χ3v) is 4.75. The number of aromatic nitrogens is 2. The lowest BCUT2D eigenvalue weighted by atomic mass is 10.1. The van der Waals surface area contributed by atoms with Crippen LogP contribution in [0.1, 0.15) is 38.1 Å². The topological polar surface area (TPSA) is 67.0 Å². The molecule has 35 heavy (non-hydrogen) atoms. The number of halogens is 1. The molecule has 0 spiro atoms. The fourth-order valence-corrected chi connectivity index (χ4v) is 3.03. The highest BCUT2D eigenvalue weighted by Crippen LogP contribution is 2.25. The molecule has 1 amide bonds. The Balaban J connectivity index is 0.000000949. The highest BCUT2D eigenvalue weighted by atomic mass is 35.5. The van der Waals surface area contributed by atoms with Crippen LogP contribution in [0.15, 0.2) is 92.2 Å². The minimum absolute atomic E-state index is 0.183. The number of aromatic amines is 1. The summed E-state index contributed by atoms with van der Waals surface area (Å²) in [6.07, 6.45) is 1.79. The van der Waals surface area contributed by atoms with Gasteiger partial charge in [-0.3, -0.25) is 4.79 Å². The Kier molecular flexibility index (Phi) is 13.3. The molecule has 3 aromatic carbocycles. The van der Waals surface area contributed by atoms with Crippen molar-refractivity contribution in [3.63, 3.8) is 0 Å². The average Bonchev–Trinajstić information content (AvgIpc) is 3.43. The number of carbonyl (C=O) groups is 1. The van der Waals surface area contributed by atoms with Gasteiger partial charge in [-0.1, -0.05) is 51.4 Å². The van der Waals surface area contributed by atoms with Gasteiger partial charge in [-0.25, -0.2) is 4.98 Å². The first kappa shape index (κ1) is 29.2. The van der Waals surface area contributed by atoms with Crippen molar-refractivity contribution in [3.05, 3.63) is 103 Å². The van der Waals surface area contributed by atoms with E-state index in [1.54, 1.807) is 37.6 Å². The van der Waals surface area contributed by atoms with Crippen LogP contribution in [0.25, 0.3) is 22.6 Å². The van der Waals surface area contributed by atoms with Crippen LogP contribution in [-0.2, 0) is 0 Å². The summed E-state index contributed by atoms with van der Waals surface area (Å²) in [5, 5.41) is 3.48. The Morgan fingerprint density at radius 1 is 0.857 bits per heavy atom. The fraction of sp³-hybridized carbons (Fsp3) is 0.172. The molecular weight excluding hydrogens is 458 g/mol. The van der Waals surface area contributed by atoms with Crippen molar-refractivity contribution in [2.45, 2.75) is 27.7 Å². The highest BCUT2D eigenvalue weighted by molar-refractivity contribution is 6.30. The first-order chi connectivity index (χ1) is 17.1. The lowest BCUT2D eigenvalue weighted by Gasteiger charge is -2.06. The number of ether oxygens (including phenoxy) is 1. The van der Waals surface area contributed by atoms with Gasteiger partial charge in [0.2, 0.25) is 0 Å². The zero-order valence-electron chi connectivity index (χ0n) is 21.1. The van der Waals surface area contributed by atoms with Crippen molar-refractivity contribution in [2.24, 2.45) is 0 Å². The van der Waals surface area contributed by atoms with Crippen molar-refractivity contribution in [3.8, 4) is 28.4 Å². The molecule has 0 aliphatic rings. The van der Waals surface area contributed by atoms with E-state index in [0.29, 0.717) is 16.3 Å². The molecule has 0 aliphatic heterocycles. The summed E-state index contributed by atoms with van der Waals surface area (Å²) < 4.78 is 5.19. The Labute approximate surface area is 213 Å². The van der Waals surface area contributed by atoms with Gasteiger partial charge in [-0.05, 0) is 66.2 Å². The molecule has 0 saturated carbocycles. The highest BCUT2D eigenvalue weighted by Gasteiger charge is 2.08. The first-order valence-electron chi connectivity index (χ1n) is 11.5. The van der Waals surface area contributed by atoms with Gasteiger partial charge in [-0.15, -0.1) is 13.2 Å². The molecule has 0 aliphatic carbocycles. The number of hydrogen-bond acceptors (Lipinski definition) is 3. The van der Waals surface area contributed by atoms with Gasteiger partial charge in [-0.2, -0.15) is 0 Å². The van der Waals surface area contributed by atoms with E-state index in [1.165, 1.54) is 0 Å². The van der Waals surface area contributed by atoms with Crippen LogP contribution in [-0.4, -0.2) is 23.0 Å². The van der Waals surface area contributed by atoms with Gasteiger partial charge in [0.15, 0.2) is 0 Å². The largest absolute Gasteiger partial charge is 0.497 e. The standard InChI is InChI=1S/C23H18ClN3O2.2C2H6.C2H4/c1-29-20-12-6-16(7-13-20)22-25-14-21(27-22)15-4-10-19(11-5-15)26-23(28)17-2-8-18(24)9-3-17;3*1-2/h2-14H,1H3,(H,25,27)(H,26,28);2*1-2H3;1-2H2. The normalized spacial score (nSPS) is 9.20. The number of nitrogens with zero attached hydrogens (tertiary/aromatic N) is 1. The predicted octanol–water partition coefficient (Wildman–Crippen LogP) is 8.51. The molecule has 2 N–H and O–H groups in total. The molecule has 0 saturated heterocycles. The Hall–Kier alpha value is -3.83. The van der Waals surface area contributed by atoms with Gasteiger partial charge in [0.25, 0.3) is 5.91 Å². The quantitative estimate of drug-likeness (QED) is 0.275. The maximum Gasteiger partial charge on any atom is 0.255 e. The SMILES string of the molecule is C=C.CC.CC.COc1ccc(-c2ncc(-c3ccc(NC(=O)c4ccc(Cl)cc4)cc3)[nH]2)cc1. The van der Waals surface area contributed by atoms with Gasteiger partial charge < -0.3 is 15.0 Å². The van der Waals surface area contributed by atoms with E-state index in [2.05, 4.69) is 28.4 Å². The number of carbonyl (C=O) groups excluding carboxylic acids is 1. The molecule has 0 bridgehead atoms. The summed E-state index contributed by atoms with van der Waals surface area (Å²) in [6, 6.07) is 22.1. The average molecular weight is 492 g/mol. The summed E-state index contributed by atoms with van der Waals surface area (Å²) in [7, 11) is 1.64. The van der Waals surface area contributed by atoms with Crippen LogP contribution in [0.2, 0.25) is 5.02 Å². The zero-order chi connectivity index (χ0) is 26.2. The van der Waals surface area contributed by atoms with Crippen LogP contribution in [0.3, 0.4) is 0 Å². The third kappa shape index (κ3) is 8.47. The number of hydrogen-bond donors (Lipinski definition) is 2. The van der Waals surface area contributed by atoms with Gasteiger partial charge >= 0.3 is 0 Å². The van der Waals surface area contributed by atoms with Crippen molar-refractivity contribution in [1.29, 1.82) is 0 Å². The molecule has 5 nitrogen and oxygen atoms in total. The van der Waals surface area contributed by atoms with E-state index in [4.69, 9.17) is 16.3 Å². The minimum Gasteiger partial charge on any atom is -0.497 e. The van der Waals surface area contributed by atoms with E-state index >= 15 is 0 Å². The number of methoxy groups -OCH3 is 1. The number of H-pyrrole nitrogens is 1. The molecule has 0 unspecified atom stereocenters. The third-order valence-electron chi connectivity index (χ3n) is 4.50. The number of imidazole rings is 1. The van der Waals surface area contributed by atoms with Crippen LogP contribution in [0, 0.1) is 0 Å². The molecule has 1 aromatic heterocycles. The molecule has 6 heteroatoms. The Morgan fingerprint density at radius 3 is 1.94 bits per heavy atom. The molecule has 4 aromatic rings. The van der Waals surface area contributed by atoms with Gasteiger partial charge in [0, 0.05) is 21.8 Å². The number of amides is 1. The van der Waals surface area contributed by atoms with Crippen molar-refractivity contribution in [1.82, 2.24) is 9.97 Å². The summed E-state index contributed by atoms with van der Waals surface area (Å²) in [5.41, 5.74) is 4.11. The Morgan fingerprint density at radius 2 is 1.40 bits per heavy atom. The lowest BCUT2D eigenvalue weighted by molar-refractivity contribution is 0.102. The number of nitrogens with one attached hydrogen (secondary N) is 2. The van der Waals surface area contributed by atoms with Crippen LogP contribution < -0.4 is 10.1 Å². The van der Waals surface area contributed by atoms with Crippen molar-refractivity contribution < 1.29 is 9.53 Å². The lowest BCUT2D eigenvalue weighted by Crippen LogP contribution is -2.11. The van der Waals surface area contributed by atoms with Crippen LogP contribution in [0.4, 0.5) is 5.69 Å². The smallest absolute Gasteiger partial charge is 0.255 e. The number of anilines is 1. The Bertz CT molecular complexity index is 1140. The van der Waals surface area contributed by atoms with Crippen molar-refractivity contribution in [2.75, 3.05) is 12.4 Å². The predicted molar refractivity (Wildman–Crippen MR) is 149 cm³/mol. The van der Waals surface area contributed by atoms with Crippen LogP contribution >= 0.6 is 11.6 Å². The molecule has 4 rings (SSSR count). The summed E-state index contributed by atoms with van der Waals surface area (Å²) in [6.45, 7) is 14.0. The van der Waals surface area contributed by atoms with Gasteiger partial charge in [0.05, 0.1) is 19.0 Å². The van der Waals surface area contributed by atoms with E-state index in [1.807, 2.05) is 76.2 Å². The molecule has 184 valence electrons. The fourth-order valence-electron chi connectivity index (χ4n) is 2.90. The molecular formula is C29H34ClN3O2. The number of benzene rings is 3. The van der Waals surface area contributed by atoms with E-state index in [9.17, 15) is 4.79 Å². The number of rotatable bonds is 5. The molecule has 1 heterocycles. The maximum absolute atomic E-state index is 12.3. The van der Waals surface area contributed by atoms with Crippen molar-refractivity contribution >= 4 is 23.2 Å². The summed E-state index contributed by atoms with van der Waals surface area (Å²) in [5.74, 6) is 1.40. The summed E-state index contributed by atoms with van der Waals surface area (Å²) >= 11 is 5.86. The zero-order valence-corrected chi connectivity index (χ0v) is 21.8. The second-order valence-corrected chi connectivity index (χ2v) is 6.85. The van der Waals surface area contributed by atoms with Crippen LogP contribution in [0.5, 0.6) is 5.75 Å². The van der Waals surface area contributed by atoms with E-state index < -0.39 is 0 Å². The summed E-state index contributed by atoms with van der Waals surface area (Å²) in [4.78, 5) is 20.1. The second-order valence-electron chi connectivity index (χ2n) is 6.41. The molecule has 0 fully saturated rings. The van der Waals surface area contributed by atoms with Gasteiger partial charge in [0.1, 0.15) is 11.6 Å². The monoisotopic (exact) mass is 491 g/mol. The maximum atomic E-state index is 12.3. The molecule has 0 atom stereocenters. The van der Waals surface area contributed by atoms with E-state index in [0.717, 1.165) is 28.4 Å². The second kappa shape index (κ2) is 15.9. The van der Waals surface area contributed by atoms with E-state index in [-0.39, 0.29) is 5.91 Å². The molecule has 0 radical (unpaired) electrons.